The van der Waals surface area contributed by atoms with Crippen molar-refractivity contribution in [2.24, 2.45) is 0 Å². The Morgan fingerprint density at radius 1 is 1.03 bits per heavy atom. The highest BCUT2D eigenvalue weighted by atomic mass is 28.3. The van der Waals surface area contributed by atoms with Gasteiger partial charge in [0.1, 0.15) is 24.9 Å². The van der Waals surface area contributed by atoms with E-state index in [9.17, 15) is 19.2 Å². The van der Waals surface area contributed by atoms with Gasteiger partial charge in [-0.3, -0.25) is 19.3 Å². The van der Waals surface area contributed by atoms with E-state index in [0.29, 0.717) is 17.0 Å². The minimum absolute atomic E-state index is 0.0814. The number of urea groups is 1. The average molecular weight is 483 g/mol. The van der Waals surface area contributed by atoms with Gasteiger partial charge in [-0.25, -0.2) is 4.79 Å². The fraction of sp³-hybridized carbons (Fsp3) is 0.333. The smallest absolute Gasteiger partial charge is 0.327 e. The fourth-order valence-corrected chi connectivity index (χ4v) is 4.71. The van der Waals surface area contributed by atoms with Gasteiger partial charge in [0.05, 0.1) is 15.2 Å². The van der Waals surface area contributed by atoms with Crippen molar-refractivity contribution in [3.05, 3.63) is 54.1 Å². The molecule has 1 unspecified atom stereocenters. The number of nitrogens with one attached hydrogen (secondary N) is 2. The zero-order valence-corrected chi connectivity index (χ0v) is 21.0. The van der Waals surface area contributed by atoms with Crippen molar-refractivity contribution in [2.75, 3.05) is 32.6 Å². The number of amides is 5. The molecule has 1 aliphatic rings. The summed E-state index contributed by atoms with van der Waals surface area (Å²) in [5, 5.41) is 6.77. The molecule has 3 rings (SSSR count). The molecule has 0 spiro atoms. The summed E-state index contributed by atoms with van der Waals surface area (Å²) < 4.78 is 5.18. The zero-order valence-electron chi connectivity index (χ0n) is 20.0. The second kappa shape index (κ2) is 10.1. The maximum absolute atomic E-state index is 13.2. The van der Waals surface area contributed by atoms with E-state index >= 15 is 0 Å². The van der Waals surface area contributed by atoms with Crippen LogP contribution in [0.15, 0.2) is 48.5 Å². The molecule has 0 bridgehead atoms. The molecule has 34 heavy (non-hydrogen) atoms. The first-order chi connectivity index (χ1) is 16.0. The Labute approximate surface area is 200 Å². The van der Waals surface area contributed by atoms with E-state index in [1.165, 1.54) is 24.2 Å². The molecule has 1 fully saturated rings. The Hall–Kier alpha value is -3.66. The van der Waals surface area contributed by atoms with Gasteiger partial charge >= 0.3 is 6.03 Å². The largest absolute Gasteiger partial charge is 0.497 e. The van der Waals surface area contributed by atoms with Crippen molar-refractivity contribution in [3.8, 4) is 5.75 Å². The Morgan fingerprint density at radius 2 is 1.65 bits per heavy atom. The number of likely N-dealkylation sites (N-methyl/N-ethyl adjacent to an activating group) is 1. The van der Waals surface area contributed by atoms with Crippen LogP contribution in [0.2, 0.25) is 19.6 Å². The summed E-state index contributed by atoms with van der Waals surface area (Å²) in [6, 6.07) is 12.8. The highest BCUT2D eigenvalue weighted by Crippen LogP contribution is 2.20. The van der Waals surface area contributed by atoms with E-state index in [2.05, 4.69) is 30.3 Å². The lowest BCUT2D eigenvalue weighted by Gasteiger charge is -2.21. The first-order valence-corrected chi connectivity index (χ1v) is 14.4. The van der Waals surface area contributed by atoms with E-state index < -0.39 is 44.4 Å². The van der Waals surface area contributed by atoms with E-state index in [-0.39, 0.29) is 6.54 Å². The third-order valence-electron chi connectivity index (χ3n) is 5.57. The molecule has 9 nitrogen and oxygen atoms in total. The lowest BCUT2D eigenvalue weighted by molar-refractivity contribution is -0.132. The van der Waals surface area contributed by atoms with Gasteiger partial charge in [0.2, 0.25) is 5.91 Å². The minimum Gasteiger partial charge on any atom is -0.497 e. The van der Waals surface area contributed by atoms with Crippen molar-refractivity contribution in [1.29, 1.82) is 0 Å². The Bertz CT molecular complexity index is 1080. The Balaban J connectivity index is 1.78. The van der Waals surface area contributed by atoms with Gasteiger partial charge in [-0.1, -0.05) is 49.1 Å². The number of rotatable bonds is 8. The van der Waals surface area contributed by atoms with Crippen LogP contribution < -0.4 is 20.6 Å². The van der Waals surface area contributed by atoms with E-state index in [1.807, 2.05) is 24.3 Å². The van der Waals surface area contributed by atoms with Crippen molar-refractivity contribution in [2.45, 2.75) is 25.7 Å². The molecule has 0 aliphatic carbocycles. The molecule has 1 atom stereocenters. The Morgan fingerprint density at radius 3 is 2.15 bits per heavy atom. The first-order valence-electron chi connectivity index (χ1n) is 10.9. The van der Waals surface area contributed by atoms with Crippen LogP contribution >= 0.6 is 0 Å². The van der Waals surface area contributed by atoms with Crippen molar-refractivity contribution in [1.82, 2.24) is 15.1 Å². The topological polar surface area (TPSA) is 108 Å². The SMILES string of the molecule is COc1ccc(C(NC(=O)CN2C(=O)CN(C)C2=O)C(=O)Nc2ccc([Si](C)(C)C)cc2)cc1. The van der Waals surface area contributed by atoms with Crippen molar-refractivity contribution in [3.63, 3.8) is 0 Å². The molecular formula is C24H30N4O5Si. The molecule has 1 saturated heterocycles. The number of methoxy groups -OCH3 is 1. The molecule has 0 aromatic heterocycles. The van der Waals surface area contributed by atoms with E-state index in [4.69, 9.17) is 4.74 Å². The van der Waals surface area contributed by atoms with Crippen molar-refractivity contribution >= 4 is 42.7 Å². The lowest BCUT2D eigenvalue weighted by atomic mass is 10.1. The number of hydrogen-bond donors (Lipinski definition) is 2. The summed E-state index contributed by atoms with van der Waals surface area (Å²) in [6.07, 6.45) is 0. The zero-order chi connectivity index (χ0) is 25.0. The number of nitrogens with zero attached hydrogens (tertiary/aromatic N) is 2. The standard InChI is InChI=1S/C24H30N4O5Si/c1-27-15-21(30)28(24(27)32)14-20(29)26-22(16-6-10-18(33-2)11-7-16)23(31)25-17-8-12-19(13-9-17)34(3,4)5/h6-13,22H,14-15H2,1-5H3,(H,25,31)(H,26,29). The summed E-state index contributed by atoms with van der Waals surface area (Å²) in [4.78, 5) is 52.2. The Kier molecular flexibility index (Phi) is 7.40. The highest BCUT2D eigenvalue weighted by molar-refractivity contribution is 6.88. The summed E-state index contributed by atoms with van der Waals surface area (Å²) >= 11 is 0. The molecule has 10 heteroatoms. The normalized spacial score (nSPS) is 14.7. The van der Waals surface area contributed by atoms with Gasteiger partial charge in [0.25, 0.3) is 11.8 Å². The fourth-order valence-electron chi connectivity index (χ4n) is 3.54. The summed E-state index contributed by atoms with van der Waals surface area (Å²) in [6.45, 7) is 6.17. The molecule has 1 heterocycles. The van der Waals surface area contributed by atoms with Gasteiger partial charge in [0.15, 0.2) is 0 Å². The number of benzene rings is 2. The van der Waals surface area contributed by atoms with Crippen LogP contribution in [-0.4, -0.2) is 68.9 Å². The number of carbonyl (C=O) groups excluding carboxylic acids is 4. The van der Waals surface area contributed by atoms with Gasteiger partial charge in [-0.15, -0.1) is 0 Å². The van der Waals surface area contributed by atoms with Gasteiger partial charge in [0, 0.05) is 12.7 Å². The van der Waals surface area contributed by atoms with Crippen molar-refractivity contribution < 1.29 is 23.9 Å². The summed E-state index contributed by atoms with van der Waals surface area (Å²) in [5.74, 6) is -0.930. The number of imide groups is 1. The second-order valence-electron chi connectivity index (χ2n) is 9.21. The van der Waals surface area contributed by atoms with Gasteiger partial charge < -0.3 is 20.3 Å². The van der Waals surface area contributed by atoms with Crippen LogP contribution in [0.5, 0.6) is 5.75 Å². The lowest BCUT2D eigenvalue weighted by Crippen LogP contribution is -2.44. The quantitative estimate of drug-likeness (QED) is 0.442. The summed E-state index contributed by atoms with van der Waals surface area (Å²) in [7, 11) is 1.54. The van der Waals surface area contributed by atoms with E-state index in [0.717, 1.165) is 4.90 Å². The maximum atomic E-state index is 13.2. The molecule has 0 saturated carbocycles. The van der Waals surface area contributed by atoms with Gasteiger partial charge in [-0.05, 0) is 29.8 Å². The molecule has 2 aromatic carbocycles. The van der Waals surface area contributed by atoms with Gasteiger partial charge in [-0.2, -0.15) is 0 Å². The van der Waals surface area contributed by atoms with Crippen LogP contribution in [-0.2, 0) is 14.4 Å². The third-order valence-corrected chi connectivity index (χ3v) is 7.63. The number of ether oxygens (including phenoxy) is 1. The maximum Gasteiger partial charge on any atom is 0.327 e. The highest BCUT2D eigenvalue weighted by Gasteiger charge is 2.35. The summed E-state index contributed by atoms with van der Waals surface area (Å²) in [5.41, 5.74) is 1.13. The number of hydrogen-bond acceptors (Lipinski definition) is 5. The average Bonchev–Trinajstić information content (AvgIpc) is 3.03. The number of carbonyl (C=O) groups is 4. The molecule has 2 N–H and O–H groups in total. The van der Waals surface area contributed by atoms with Crippen LogP contribution in [0.1, 0.15) is 11.6 Å². The van der Waals surface area contributed by atoms with Crippen LogP contribution in [0, 0.1) is 0 Å². The number of anilines is 1. The second-order valence-corrected chi connectivity index (χ2v) is 14.3. The molecule has 5 amide bonds. The predicted molar refractivity (Wildman–Crippen MR) is 132 cm³/mol. The molecule has 1 aliphatic heterocycles. The van der Waals surface area contributed by atoms with Crippen LogP contribution in [0.3, 0.4) is 0 Å². The van der Waals surface area contributed by atoms with Crippen LogP contribution in [0.25, 0.3) is 0 Å². The third kappa shape index (κ3) is 5.82. The first kappa shape index (κ1) is 25.0. The van der Waals surface area contributed by atoms with Crippen LogP contribution in [0.4, 0.5) is 10.5 Å². The van der Waals surface area contributed by atoms with E-state index in [1.54, 1.807) is 24.3 Å². The monoisotopic (exact) mass is 482 g/mol. The molecular weight excluding hydrogens is 452 g/mol. The minimum atomic E-state index is -1.48. The molecule has 0 radical (unpaired) electrons. The predicted octanol–water partition coefficient (Wildman–Crippen LogP) is 1.93. The molecule has 180 valence electrons. The molecule has 2 aromatic rings.